The molecule has 150 valence electrons. The van der Waals surface area contributed by atoms with Crippen molar-refractivity contribution in [3.8, 4) is 5.75 Å². The molecule has 1 atom stereocenters. The minimum absolute atomic E-state index is 0.139. The summed E-state index contributed by atoms with van der Waals surface area (Å²) in [4.78, 5) is 25.1. The molecule has 1 aromatic carbocycles. The third kappa shape index (κ3) is 4.37. The lowest BCUT2D eigenvalue weighted by Crippen LogP contribution is -2.49. The molecule has 2 aromatic heterocycles. The van der Waals surface area contributed by atoms with Gasteiger partial charge in [-0.1, -0.05) is 18.2 Å². The summed E-state index contributed by atoms with van der Waals surface area (Å²) in [6, 6.07) is 13.3. The van der Waals surface area contributed by atoms with Gasteiger partial charge < -0.3 is 19.1 Å². The molecule has 1 aliphatic rings. The highest BCUT2D eigenvalue weighted by Gasteiger charge is 2.23. The van der Waals surface area contributed by atoms with Crippen molar-refractivity contribution in [3.05, 3.63) is 72.4 Å². The number of pyridine rings is 1. The van der Waals surface area contributed by atoms with E-state index in [0.29, 0.717) is 18.8 Å². The number of nitrogens with zero attached hydrogens (tertiary/aromatic N) is 5. The van der Waals surface area contributed by atoms with Crippen LogP contribution in [0.25, 0.3) is 0 Å². The van der Waals surface area contributed by atoms with Crippen LogP contribution in [0.1, 0.15) is 16.6 Å². The summed E-state index contributed by atoms with van der Waals surface area (Å²) in [5.74, 6) is 2.32. The molecule has 0 aliphatic carbocycles. The van der Waals surface area contributed by atoms with Gasteiger partial charge in [0.1, 0.15) is 17.4 Å². The number of ether oxygens (including phenoxy) is 1. The summed E-state index contributed by atoms with van der Waals surface area (Å²) < 4.78 is 7.49. The number of benzene rings is 1. The highest BCUT2D eigenvalue weighted by atomic mass is 32.1. The molecule has 4 rings (SSSR count). The van der Waals surface area contributed by atoms with E-state index in [2.05, 4.69) is 27.5 Å². The fourth-order valence-electron chi connectivity index (χ4n) is 3.33. The van der Waals surface area contributed by atoms with Crippen molar-refractivity contribution >= 4 is 24.5 Å². The maximum Gasteiger partial charge on any atom is 0.415 e. The molecule has 1 aliphatic heterocycles. The molecule has 0 spiro atoms. The quantitative estimate of drug-likeness (QED) is 0.671. The number of imidazole rings is 1. The van der Waals surface area contributed by atoms with Gasteiger partial charge in [-0.25, -0.2) is 14.8 Å². The van der Waals surface area contributed by atoms with Crippen molar-refractivity contribution in [2.75, 3.05) is 31.1 Å². The molecule has 3 aromatic rings. The van der Waals surface area contributed by atoms with Crippen LogP contribution >= 0.6 is 12.6 Å². The van der Waals surface area contributed by atoms with Crippen molar-refractivity contribution in [2.24, 2.45) is 7.05 Å². The Morgan fingerprint density at radius 1 is 1.03 bits per heavy atom. The first-order valence-electron chi connectivity index (χ1n) is 9.50. The molecule has 3 heterocycles. The van der Waals surface area contributed by atoms with Crippen LogP contribution in [0.15, 0.2) is 61.1 Å². The lowest BCUT2D eigenvalue weighted by atomic mass is 10.1. The number of aromatic nitrogens is 3. The lowest BCUT2D eigenvalue weighted by molar-refractivity contribution is 0.149. The van der Waals surface area contributed by atoms with Gasteiger partial charge in [-0.15, -0.1) is 0 Å². The first-order valence-corrected chi connectivity index (χ1v) is 10.0. The molecule has 1 fully saturated rings. The number of amides is 1. The molecule has 0 saturated carbocycles. The van der Waals surface area contributed by atoms with E-state index in [1.54, 1.807) is 29.4 Å². The number of thiol groups is 1. The Bertz CT molecular complexity index is 953. The highest BCUT2D eigenvalue weighted by molar-refractivity contribution is 7.80. The van der Waals surface area contributed by atoms with Crippen LogP contribution in [-0.4, -0.2) is 51.7 Å². The maximum atomic E-state index is 12.5. The number of rotatable bonds is 4. The second kappa shape index (κ2) is 8.57. The average Bonchev–Trinajstić information content (AvgIpc) is 3.20. The Morgan fingerprint density at radius 2 is 1.79 bits per heavy atom. The van der Waals surface area contributed by atoms with Gasteiger partial charge in [0.2, 0.25) is 0 Å². The van der Waals surface area contributed by atoms with E-state index in [9.17, 15) is 4.79 Å². The fourth-order valence-corrected chi connectivity index (χ4v) is 3.75. The molecule has 0 bridgehead atoms. The van der Waals surface area contributed by atoms with Gasteiger partial charge in [0.25, 0.3) is 0 Å². The van der Waals surface area contributed by atoms with Crippen LogP contribution in [0.5, 0.6) is 5.75 Å². The fraction of sp³-hybridized carbons (Fsp3) is 0.286. The largest absolute Gasteiger partial charge is 0.415 e. The lowest BCUT2D eigenvalue weighted by Gasteiger charge is -2.34. The number of aryl methyl sites for hydroxylation is 1. The highest BCUT2D eigenvalue weighted by Crippen LogP contribution is 2.28. The molecular weight excluding hydrogens is 386 g/mol. The van der Waals surface area contributed by atoms with E-state index in [4.69, 9.17) is 4.74 Å². The predicted molar refractivity (Wildman–Crippen MR) is 115 cm³/mol. The van der Waals surface area contributed by atoms with Crippen LogP contribution < -0.4 is 9.64 Å². The van der Waals surface area contributed by atoms with E-state index < -0.39 is 0 Å². The van der Waals surface area contributed by atoms with Crippen molar-refractivity contribution in [1.82, 2.24) is 19.4 Å². The zero-order valence-corrected chi connectivity index (χ0v) is 17.1. The van der Waals surface area contributed by atoms with Crippen LogP contribution in [0.3, 0.4) is 0 Å². The third-order valence-electron chi connectivity index (χ3n) is 5.02. The van der Waals surface area contributed by atoms with E-state index in [0.717, 1.165) is 30.3 Å². The summed E-state index contributed by atoms with van der Waals surface area (Å²) in [5.41, 5.74) is 0.992. The number of hydrogen-bond acceptors (Lipinski definition) is 6. The van der Waals surface area contributed by atoms with Crippen LogP contribution in [0.2, 0.25) is 0 Å². The van der Waals surface area contributed by atoms with Gasteiger partial charge in [-0.3, -0.25) is 0 Å². The van der Waals surface area contributed by atoms with Gasteiger partial charge in [0.05, 0.1) is 5.25 Å². The van der Waals surface area contributed by atoms with Gasteiger partial charge >= 0.3 is 6.09 Å². The SMILES string of the molecule is Cn1ccnc1C(S)c1ccc(OC(=O)N2CCN(c3ccccn3)CC2)cc1. The van der Waals surface area contributed by atoms with E-state index >= 15 is 0 Å². The number of anilines is 1. The monoisotopic (exact) mass is 409 g/mol. The minimum Gasteiger partial charge on any atom is -0.410 e. The average molecular weight is 410 g/mol. The van der Waals surface area contributed by atoms with Crippen LogP contribution in [0.4, 0.5) is 10.6 Å². The molecule has 29 heavy (non-hydrogen) atoms. The van der Waals surface area contributed by atoms with Crippen LogP contribution in [0, 0.1) is 0 Å². The predicted octanol–water partition coefficient (Wildman–Crippen LogP) is 3.16. The Kier molecular flexibility index (Phi) is 5.71. The van der Waals surface area contributed by atoms with Crippen LogP contribution in [-0.2, 0) is 7.05 Å². The van der Waals surface area contributed by atoms with Gasteiger partial charge in [-0.05, 0) is 29.8 Å². The molecule has 1 amide bonds. The number of carbonyl (C=O) groups excluding carboxylic acids is 1. The topological polar surface area (TPSA) is 63.5 Å². The third-order valence-corrected chi connectivity index (χ3v) is 5.54. The van der Waals surface area contributed by atoms with E-state index in [-0.39, 0.29) is 11.3 Å². The molecule has 0 radical (unpaired) electrons. The number of piperazine rings is 1. The van der Waals surface area contributed by atoms with Gasteiger partial charge in [0.15, 0.2) is 0 Å². The first-order chi connectivity index (χ1) is 14.1. The zero-order chi connectivity index (χ0) is 20.2. The summed E-state index contributed by atoms with van der Waals surface area (Å²) in [7, 11) is 1.94. The smallest absolute Gasteiger partial charge is 0.410 e. The summed E-state index contributed by atoms with van der Waals surface area (Å²) in [6.45, 7) is 2.67. The second-order valence-electron chi connectivity index (χ2n) is 6.90. The van der Waals surface area contributed by atoms with E-state index in [1.165, 1.54) is 0 Å². The molecular formula is C21H23N5O2S. The molecule has 0 N–H and O–H groups in total. The van der Waals surface area contributed by atoms with Crippen molar-refractivity contribution < 1.29 is 9.53 Å². The summed E-state index contributed by atoms with van der Waals surface area (Å²) in [6.07, 6.45) is 5.10. The molecule has 1 unspecified atom stereocenters. The molecule has 8 heteroatoms. The summed E-state index contributed by atoms with van der Waals surface area (Å²) in [5, 5.41) is -0.139. The maximum absolute atomic E-state index is 12.5. The second-order valence-corrected chi connectivity index (χ2v) is 7.41. The van der Waals surface area contributed by atoms with Crippen molar-refractivity contribution in [3.63, 3.8) is 0 Å². The summed E-state index contributed by atoms with van der Waals surface area (Å²) >= 11 is 4.66. The Labute approximate surface area is 175 Å². The van der Waals surface area contributed by atoms with E-state index in [1.807, 2.05) is 48.1 Å². The zero-order valence-electron chi connectivity index (χ0n) is 16.2. The standard InChI is InChI=1S/C21H23N5O2S/c1-24-11-10-23-20(24)19(29)16-5-7-17(8-6-16)28-21(27)26-14-12-25(13-15-26)18-4-2-3-9-22-18/h2-11,19,29H,12-15H2,1H3. The minimum atomic E-state index is -0.329. The normalized spacial score (nSPS) is 15.2. The van der Waals surface area contributed by atoms with Crippen molar-refractivity contribution in [1.29, 1.82) is 0 Å². The van der Waals surface area contributed by atoms with Gasteiger partial charge in [-0.2, -0.15) is 12.6 Å². The Balaban J connectivity index is 1.33. The molecule has 1 saturated heterocycles. The Hall–Kier alpha value is -3.00. The van der Waals surface area contributed by atoms with Gasteiger partial charge in [0, 0.05) is 51.8 Å². The molecule has 7 nitrogen and oxygen atoms in total. The first kappa shape index (κ1) is 19.3. The van der Waals surface area contributed by atoms with Crippen molar-refractivity contribution in [2.45, 2.75) is 5.25 Å². The Morgan fingerprint density at radius 3 is 2.41 bits per heavy atom. The number of carbonyl (C=O) groups is 1. The number of hydrogen-bond donors (Lipinski definition) is 1.